The lowest BCUT2D eigenvalue weighted by Gasteiger charge is -2.14. The van der Waals surface area contributed by atoms with Gasteiger partial charge in [0.05, 0.1) is 28.4 Å². The Kier molecular flexibility index (Phi) is 4.74. The predicted octanol–water partition coefficient (Wildman–Crippen LogP) is 5.76. The van der Waals surface area contributed by atoms with Gasteiger partial charge in [0, 0.05) is 16.6 Å². The molecule has 0 bridgehead atoms. The minimum Gasteiger partial charge on any atom is -0.267 e. The van der Waals surface area contributed by atoms with Crippen molar-refractivity contribution in [2.24, 2.45) is 5.10 Å². The van der Waals surface area contributed by atoms with Crippen LogP contribution < -0.4 is 5.01 Å². The molecule has 0 spiro atoms. The molecule has 32 heavy (non-hydrogen) atoms. The van der Waals surface area contributed by atoms with Crippen LogP contribution in [0.25, 0.3) is 22.5 Å². The maximum absolute atomic E-state index is 13.3. The standard InChI is InChI=1S/C27H24N4O/c1-17-10-5-8-14-25(17)31-27(32)24(19(3)29-31)16-23-18(2)28-30(20(23)4)26-15-9-12-21-11-6-7-13-22(21)26/h5-16H,1-4H3/b24-16+. The number of para-hydroxylation sites is 1. The minimum absolute atomic E-state index is 0.117. The van der Waals surface area contributed by atoms with E-state index in [1.165, 1.54) is 10.4 Å². The molecule has 0 saturated carbocycles. The number of hydrazone groups is 1. The molecule has 3 aromatic carbocycles. The number of rotatable bonds is 3. The molecule has 0 saturated heterocycles. The molecule has 1 aliphatic heterocycles. The van der Waals surface area contributed by atoms with Crippen LogP contribution in [0.5, 0.6) is 0 Å². The SMILES string of the molecule is CC1=NN(c2ccccc2C)C(=O)/C1=C/c1c(C)nn(-c2cccc3ccccc23)c1C. The minimum atomic E-state index is -0.117. The highest BCUT2D eigenvalue weighted by molar-refractivity contribution is 6.32. The summed E-state index contributed by atoms with van der Waals surface area (Å²) in [5.74, 6) is -0.117. The lowest BCUT2D eigenvalue weighted by atomic mass is 10.1. The second kappa shape index (κ2) is 7.61. The van der Waals surface area contributed by atoms with Crippen LogP contribution in [-0.4, -0.2) is 21.4 Å². The third-order valence-electron chi connectivity index (χ3n) is 6.04. The Morgan fingerprint density at radius 2 is 1.50 bits per heavy atom. The molecular weight excluding hydrogens is 396 g/mol. The normalized spacial score (nSPS) is 15.1. The third kappa shape index (κ3) is 3.14. The molecular formula is C27H24N4O. The Labute approximate surface area is 187 Å². The van der Waals surface area contributed by atoms with Gasteiger partial charge in [-0.05, 0) is 56.9 Å². The van der Waals surface area contributed by atoms with Gasteiger partial charge in [0.2, 0.25) is 0 Å². The van der Waals surface area contributed by atoms with Crippen LogP contribution in [0.4, 0.5) is 5.69 Å². The fraction of sp³-hybridized carbons (Fsp3) is 0.148. The van der Waals surface area contributed by atoms with Gasteiger partial charge < -0.3 is 0 Å². The summed E-state index contributed by atoms with van der Waals surface area (Å²) in [6.07, 6.45) is 1.93. The van der Waals surface area contributed by atoms with Crippen LogP contribution >= 0.6 is 0 Å². The summed E-state index contributed by atoms with van der Waals surface area (Å²) in [5, 5.41) is 13.2. The van der Waals surface area contributed by atoms with E-state index in [0.717, 1.165) is 39.3 Å². The third-order valence-corrected chi connectivity index (χ3v) is 6.04. The van der Waals surface area contributed by atoms with Gasteiger partial charge in [0.1, 0.15) is 0 Å². The van der Waals surface area contributed by atoms with Crippen molar-refractivity contribution in [2.45, 2.75) is 27.7 Å². The topological polar surface area (TPSA) is 50.5 Å². The fourth-order valence-electron chi connectivity index (χ4n) is 4.28. The van der Waals surface area contributed by atoms with E-state index in [9.17, 15) is 4.79 Å². The molecule has 4 aromatic rings. The molecule has 0 aliphatic carbocycles. The van der Waals surface area contributed by atoms with Crippen molar-refractivity contribution < 1.29 is 4.79 Å². The van der Waals surface area contributed by atoms with E-state index in [4.69, 9.17) is 5.10 Å². The summed E-state index contributed by atoms with van der Waals surface area (Å²) in [7, 11) is 0. The van der Waals surface area contributed by atoms with Crippen LogP contribution in [0.1, 0.15) is 29.4 Å². The number of carbonyl (C=O) groups excluding carboxylic acids is 1. The first kappa shape index (κ1) is 19.9. The van der Waals surface area contributed by atoms with E-state index in [0.29, 0.717) is 11.3 Å². The summed E-state index contributed by atoms with van der Waals surface area (Å²) >= 11 is 0. The Bertz CT molecular complexity index is 1440. The van der Waals surface area contributed by atoms with Crippen molar-refractivity contribution in [1.29, 1.82) is 0 Å². The molecule has 2 heterocycles. The number of fused-ring (bicyclic) bond motifs is 1. The van der Waals surface area contributed by atoms with Crippen molar-refractivity contribution >= 4 is 34.2 Å². The van der Waals surface area contributed by atoms with Crippen molar-refractivity contribution in [3.8, 4) is 5.69 Å². The van der Waals surface area contributed by atoms with Crippen LogP contribution in [0.15, 0.2) is 77.4 Å². The van der Waals surface area contributed by atoms with E-state index in [2.05, 4.69) is 29.4 Å². The molecule has 0 atom stereocenters. The number of hydrogen-bond acceptors (Lipinski definition) is 3. The molecule has 5 heteroatoms. The number of aromatic nitrogens is 2. The number of nitrogens with zero attached hydrogens (tertiary/aromatic N) is 4. The van der Waals surface area contributed by atoms with Gasteiger partial charge in [-0.3, -0.25) is 4.79 Å². The van der Waals surface area contributed by atoms with E-state index in [-0.39, 0.29) is 5.91 Å². The molecule has 0 fully saturated rings. The quantitative estimate of drug-likeness (QED) is 0.396. The molecule has 0 unspecified atom stereocenters. The second-order valence-electron chi connectivity index (χ2n) is 8.14. The molecule has 158 valence electrons. The average Bonchev–Trinajstić information content (AvgIpc) is 3.24. The summed E-state index contributed by atoms with van der Waals surface area (Å²) in [4.78, 5) is 13.3. The van der Waals surface area contributed by atoms with Gasteiger partial charge in [-0.15, -0.1) is 0 Å². The van der Waals surface area contributed by atoms with Crippen LogP contribution in [0.2, 0.25) is 0 Å². The predicted molar refractivity (Wildman–Crippen MR) is 130 cm³/mol. The van der Waals surface area contributed by atoms with Crippen molar-refractivity contribution in [2.75, 3.05) is 5.01 Å². The Morgan fingerprint density at radius 3 is 2.31 bits per heavy atom. The van der Waals surface area contributed by atoms with Crippen LogP contribution in [-0.2, 0) is 4.79 Å². The van der Waals surface area contributed by atoms with E-state index < -0.39 is 0 Å². The van der Waals surface area contributed by atoms with Gasteiger partial charge >= 0.3 is 0 Å². The summed E-state index contributed by atoms with van der Waals surface area (Å²) in [5.41, 5.74) is 6.95. The van der Waals surface area contributed by atoms with Gasteiger partial charge in [-0.1, -0.05) is 54.6 Å². The van der Waals surface area contributed by atoms with Gasteiger partial charge in [-0.2, -0.15) is 15.2 Å². The summed E-state index contributed by atoms with van der Waals surface area (Å²) in [6, 6.07) is 22.3. The molecule has 5 nitrogen and oxygen atoms in total. The molecule has 1 amide bonds. The molecule has 0 N–H and O–H groups in total. The highest BCUT2D eigenvalue weighted by atomic mass is 16.2. The van der Waals surface area contributed by atoms with Crippen molar-refractivity contribution in [3.63, 3.8) is 0 Å². The Morgan fingerprint density at radius 1 is 0.812 bits per heavy atom. The number of anilines is 1. The van der Waals surface area contributed by atoms with Crippen molar-refractivity contribution in [3.05, 3.63) is 94.8 Å². The summed E-state index contributed by atoms with van der Waals surface area (Å²) < 4.78 is 1.97. The lowest BCUT2D eigenvalue weighted by molar-refractivity contribution is -0.114. The average molecular weight is 421 g/mol. The number of carbonyl (C=O) groups is 1. The Balaban J connectivity index is 1.59. The molecule has 5 rings (SSSR count). The molecule has 0 radical (unpaired) electrons. The zero-order chi connectivity index (χ0) is 22.4. The van der Waals surface area contributed by atoms with Crippen LogP contribution in [0.3, 0.4) is 0 Å². The van der Waals surface area contributed by atoms with E-state index in [1.54, 1.807) is 0 Å². The van der Waals surface area contributed by atoms with E-state index in [1.807, 2.05) is 80.9 Å². The first-order valence-electron chi connectivity index (χ1n) is 10.7. The van der Waals surface area contributed by atoms with Crippen molar-refractivity contribution in [1.82, 2.24) is 9.78 Å². The first-order chi connectivity index (χ1) is 15.5. The fourth-order valence-corrected chi connectivity index (χ4v) is 4.28. The highest BCUT2D eigenvalue weighted by Crippen LogP contribution is 2.30. The van der Waals surface area contributed by atoms with E-state index >= 15 is 0 Å². The van der Waals surface area contributed by atoms with Gasteiger partial charge in [0.15, 0.2) is 0 Å². The zero-order valence-electron chi connectivity index (χ0n) is 18.6. The van der Waals surface area contributed by atoms with Gasteiger partial charge in [-0.25, -0.2) is 4.68 Å². The maximum Gasteiger partial charge on any atom is 0.280 e. The largest absolute Gasteiger partial charge is 0.280 e. The number of aryl methyl sites for hydroxylation is 2. The Hall–Kier alpha value is -3.99. The highest BCUT2D eigenvalue weighted by Gasteiger charge is 2.30. The summed E-state index contributed by atoms with van der Waals surface area (Å²) in [6.45, 7) is 7.88. The van der Waals surface area contributed by atoms with Crippen LogP contribution in [0, 0.1) is 20.8 Å². The lowest BCUT2D eigenvalue weighted by Crippen LogP contribution is -2.22. The maximum atomic E-state index is 13.3. The first-order valence-corrected chi connectivity index (χ1v) is 10.7. The van der Waals surface area contributed by atoms with Gasteiger partial charge in [0.25, 0.3) is 5.91 Å². The number of amides is 1. The zero-order valence-corrected chi connectivity index (χ0v) is 18.6. The number of benzene rings is 3. The number of hydrogen-bond donors (Lipinski definition) is 0. The second-order valence-corrected chi connectivity index (χ2v) is 8.14. The smallest absolute Gasteiger partial charge is 0.267 e. The molecule has 1 aromatic heterocycles. The molecule has 1 aliphatic rings. The monoisotopic (exact) mass is 420 g/mol.